The molecule has 16 heteroatoms. The van der Waals surface area contributed by atoms with Crippen molar-refractivity contribution in [3.63, 3.8) is 0 Å². The van der Waals surface area contributed by atoms with Crippen molar-refractivity contribution >= 4 is 35.3 Å². The minimum absolute atomic E-state index is 0.0234. The molecule has 2 aromatic rings. The number of aliphatic hydroxyl groups is 1. The molecule has 0 amide bonds. The maximum absolute atomic E-state index is 15.6. The van der Waals surface area contributed by atoms with Gasteiger partial charge in [-0.3, -0.25) is 28.2 Å². The van der Waals surface area contributed by atoms with E-state index in [9.17, 15) is 24.1 Å². The van der Waals surface area contributed by atoms with E-state index < -0.39 is 67.8 Å². The molecule has 1 saturated heterocycles. The third-order valence-corrected chi connectivity index (χ3v) is 11.4. The summed E-state index contributed by atoms with van der Waals surface area (Å²) >= 11 is 0. The minimum Gasteiger partial charge on any atom is -0.462 e. The van der Waals surface area contributed by atoms with E-state index in [2.05, 4.69) is 25.9 Å². The van der Waals surface area contributed by atoms with E-state index in [1.807, 2.05) is 29.2 Å². The third-order valence-electron chi connectivity index (χ3n) is 6.27. The van der Waals surface area contributed by atoms with Crippen LogP contribution in [-0.2, 0) is 34.3 Å². The molecule has 3 rings (SSSR count). The first kappa shape index (κ1) is 36.5. The number of H-pyrrole nitrogens is 1. The molecule has 44 heavy (non-hydrogen) atoms. The van der Waals surface area contributed by atoms with Gasteiger partial charge in [-0.2, -0.15) is 0 Å². The Morgan fingerprint density at radius 3 is 2.55 bits per heavy atom. The highest BCUT2D eigenvalue weighted by Crippen LogP contribution is 2.48. The van der Waals surface area contributed by atoms with Gasteiger partial charge in [-0.1, -0.05) is 60.6 Å². The fraction of sp³-hybridized carbons (Fsp3) is 0.607. The Hall–Kier alpha value is -1.97. The number of nitrogens with zero attached hydrogens (tertiary/aromatic N) is 1. The molecule has 0 spiro atoms. The summed E-state index contributed by atoms with van der Waals surface area (Å²) in [5.74, 6) is -0.695. The van der Waals surface area contributed by atoms with Gasteiger partial charge in [-0.05, 0) is 45.7 Å². The Labute approximate surface area is 263 Å². The molecule has 1 aromatic heterocycles. The largest absolute Gasteiger partial charge is 0.462 e. The number of carbonyl (C=O) groups is 1. The lowest BCUT2D eigenvalue weighted by molar-refractivity contribution is -0.149. The van der Waals surface area contributed by atoms with Crippen molar-refractivity contribution < 1.29 is 37.4 Å². The van der Waals surface area contributed by atoms with Crippen LogP contribution in [0.25, 0.3) is 0 Å². The lowest BCUT2D eigenvalue weighted by Crippen LogP contribution is -2.43. The normalized spacial score (nSPS) is 24.3. The molecule has 6 atom stereocenters. The van der Waals surface area contributed by atoms with Crippen LogP contribution in [0.2, 0.25) is 0 Å². The van der Waals surface area contributed by atoms with Gasteiger partial charge in [0, 0.05) is 21.9 Å². The zero-order valence-corrected chi connectivity index (χ0v) is 28.3. The highest BCUT2D eigenvalue weighted by atomic mass is 33.1. The van der Waals surface area contributed by atoms with Gasteiger partial charge >= 0.3 is 19.4 Å². The summed E-state index contributed by atoms with van der Waals surface area (Å²) in [5, 5.41) is 13.3. The molecule has 0 bridgehead atoms. The van der Waals surface area contributed by atoms with Crippen LogP contribution in [0.5, 0.6) is 0 Å². The van der Waals surface area contributed by atoms with E-state index >= 15 is 4.39 Å². The van der Waals surface area contributed by atoms with E-state index in [0.717, 1.165) is 34.2 Å². The Kier molecular flexibility index (Phi) is 12.5. The molecule has 3 N–H and O–H groups in total. The molecular formula is C28H41FN3O9PS2. The molecule has 0 radical (unpaired) electrons. The van der Waals surface area contributed by atoms with Crippen molar-refractivity contribution in [2.45, 2.75) is 101 Å². The summed E-state index contributed by atoms with van der Waals surface area (Å²) in [6.07, 6.45) is -3.85. The molecule has 246 valence electrons. The van der Waals surface area contributed by atoms with Gasteiger partial charge in [0.15, 0.2) is 11.9 Å². The minimum atomic E-state index is -4.29. The van der Waals surface area contributed by atoms with Crippen LogP contribution in [-0.4, -0.2) is 68.6 Å². The first-order chi connectivity index (χ1) is 20.4. The average molecular weight is 678 g/mol. The molecule has 0 aliphatic carbocycles. The van der Waals surface area contributed by atoms with Gasteiger partial charge in [0.25, 0.3) is 5.56 Å². The standard InChI is InChI=1S/C28H41FN3O9PS2/c1-17(2)40-24(35)18(3)31-42(37,38-15-13-19-10-8-9-11-21(19)43-44-27(4,5)6)39-16-20-23(34)28(7,29)25(41-20)32-14-12-22(33)30-26(32)36/h8-12,14,17-18,20,23,25,34H,13,15-16H2,1-7H3,(H,31,37)(H,30,33,36)/t18-,20+,23+,25+,28+,42?/m0/s1. The number of hydrogen-bond donors (Lipinski definition) is 3. The average Bonchev–Trinajstić information content (AvgIpc) is 3.14. The third kappa shape index (κ3) is 10.0. The number of esters is 1. The second kappa shape index (κ2) is 15.1. The van der Waals surface area contributed by atoms with Crippen LogP contribution in [0, 0.1) is 0 Å². The second-order valence-corrected chi connectivity index (χ2v) is 16.5. The Morgan fingerprint density at radius 1 is 1.23 bits per heavy atom. The van der Waals surface area contributed by atoms with Crippen LogP contribution in [0.15, 0.2) is 51.0 Å². The number of hydrogen-bond acceptors (Lipinski definition) is 11. The number of rotatable bonds is 14. The summed E-state index contributed by atoms with van der Waals surface area (Å²) in [6.45, 7) is 11.4. The van der Waals surface area contributed by atoms with E-state index in [-0.39, 0.29) is 11.4 Å². The molecule has 1 fully saturated rings. The lowest BCUT2D eigenvalue weighted by Gasteiger charge is -2.25. The van der Waals surface area contributed by atoms with Gasteiger partial charge in [0.2, 0.25) is 0 Å². The van der Waals surface area contributed by atoms with Crippen molar-refractivity contribution in [1.29, 1.82) is 0 Å². The van der Waals surface area contributed by atoms with E-state index in [0.29, 0.717) is 6.42 Å². The summed E-state index contributed by atoms with van der Waals surface area (Å²) < 4.78 is 52.5. The van der Waals surface area contributed by atoms with Gasteiger partial charge in [-0.15, -0.1) is 0 Å². The number of aliphatic hydroxyl groups excluding tert-OH is 1. The number of aromatic nitrogens is 2. The maximum atomic E-state index is 15.6. The van der Waals surface area contributed by atoms with Crippen LogP contribution in [0.3, 0.4) is 0 Å². The monoisotopic (exact) mass is 677 g/mol. The van der Waals surface area contributed by atoms with Crippen molar-refractivity contribution in [2.24, 2.45) is 0 Å². The van der Waals surface area contributed by atoms with Crippen molar-refractivity contribution in [3.05, 3.63) is 62.9 Å². The predicted octanol–water partition coefficient (Wildman–Crippen LogP) is 4.38. The summed E-state index contributed by atoms with van der Waals surface area (Å²) in [6, 6.07) is 7.62. The topological polar surface area (TPSA) is 158 Å². The van der Waals surface area contributed by atoms with E-state index in [1.54, 1.807) is 35.4 Å². The number of benzene rings is 1. The van der Waals surface area contributed by atoms with Gasteiger partial charge in [0.05, 0.1) is 19.3 Å². The fourth-order valence-corrected chi connectivity index (χ4v) is 7.84. The molecule has 1 aromatic carbocycles. The zero-order valence-electron chi connectivity index (χ0n) is 25.8. The Bertz CT molecular complexity index is 1450. The molecule has 0 saturated carbocycles. The lowest BCUT2D eigenvalue weighted by atomic mass is 9.98. The highest BCUT2D eigenvalue weighted by molar-refractivity contribution is 8.77. The van der Waals surface area contributed by atoms with Crippen molar-refractivity contribution in [2.75, 3.05) is 13.2 Å². The first-order valence-electron chi connectivity index (χ1n) is 14.1. The second-order valence-electron chi connectivity index (χ2n) is 11.7. The number of alkyl halides is 1. The van der Waals surface area contributed by atoms with Crippen LogP contribution >= 0.6 is 29.3 Å². The molecule has 1 aliphatic rings. The Morgan fingerprint density at radius 2 is 1.91 bits per heavy atom. The van der Waals surface area contributed by atoms with E-state index in [4.69, 9.17) is 18.5 Å². The quantitative estimate of drug-likeness (QED) is 0.148. The molecule has 2 heterocycles. The predicted molar refractivity (Wildman–Crippen MR) is 167 cm³/mol. The molecule has 1 unspecified atom stereocenters. The van der Waals surface area contributed by atoms with Crippen LogP contribution in [0.1, 0.15) is 60.3 Å². The summed E-state index contributed by atoms with van der Waals surface area (Å²) in [4.78, 5) is 39.3. The number of ether oxygens (including phenoxy) is 2. The van der Waals surface area contributed by atoms with Crippen LogP contribution < -0.4 is 16.3 Å². The molecule has 12 nitrogen and oxygen atoms in total. The maximum Gasteiger partial charge on any atom is 0.406 e. The first-order valence-corrected chi connectivity index (χ1v) is 17.8. The molecule has 1 aliphatic heterocycles. The number of nitrogens with one attached hydrogen (secondary N) is 2. The van der Waals surface area contributed by atoms with Crippen molar-refractivity contribution in [3.8, 4) is 0 Å². The fourth-order valence-electron chi connectivity index (χ4n) is 4.11. The van der Waals surface area contributed by atoms with Gasteiger partial charge < -0.3 is 14.6 Å². The van der Waals surface area contributed by atoms with Gasteiger partial charge in [0.1, 0.15) is 18.2 Å². The number of carbonyl (C=O) groups excluding carboxylic acids is 1. The number of aromatic amines is 1. The molecular weight excluding hydrogens is 636 g/mol. The number of halogens is 1. The summed E-state index contributed by atoms with van der Waals surface area (Å²) in [7, 11) is -0.964. The van der Waals surface area contributed by atoms with E-state index in [1.165, 1.54) is 6.92 Å². The smallest absolute Gasteiger partial charge is 0.406 e. The summed E-state index contributed by atoms with van der Waals surface area (Å²) in [5.41, 5.74) is -3.17. The SMILES string of the molecule is CC(C)OC(=O)[C@H](C)NP(=O)(OCCc1ccccc1SSC(C)(C)C)OC[C@H]1O[C@@H](n2ccc(=O)[nH]c2=O)[C@](C)(F)[C@@H]1O. The van der Waals surface area contributed by atoms with Crippen molar-refractivity contribution in [1.82, 2.24) is 14.6 Å². The van der Waals surface area contributed by atoms with Gasteiger partial charge in [-0.25, -0.2) is 18.8 Å². The zero-order chi connectivity index (χ0) is 32.9. The van der Waals surface area contributed by atoms with Crippen LogP contribution in [0.4, 0.5) is 4.39 Å². The Balaban J connectivity index is 1.76. The highest BCUT2D eigenvalue weighted by Gasteiger charge is 2.55.